The van der Waals surface area contributed by atoms with Crippen LogP contribution < -0.4 is 5.73 Å². The van der Waals surface area contributed by atoms with Crippen LogP contribution in [0.25, 0.3) is 0 Å². The quantitative estimate of drug-likeness (QED) is 0.828. The van der Waals surface area contributed by atoms with E-state index in [1.807, 2.05) is 18.2 Å². The fraction of sp³-hybridized carbons (Fsp3) is 0.600. The molecule has 118 valence electrons. The van der Waals surface area contributed by atoms with E-state index < -0.39 is 0 Å². The van der Waals surface area contributed by atoms with Crippen LogP contribution in [0.4, 0.5) is 0 Å². The molecule has 0 bridgehead atoms. The third-order valence-corrected chi connectivity index (χ3v) is 4.75. The minimum absolute atomic E-state index is 0.0633. The highest BCUT2D eigenvalue weighted by molar-refractivity contribution is 9.10. The van der Waals surface area contributed by atoms with Crippen molar-refractivity contribution >= 4 is 27.5 Å². The second-order valence-corrected chi connectivity index (χ2v) is 6.87. The van der Waals surface area contributed by atoms with E-state index in [4.69, 9.17) is 22.1 Å². The maximum atomic E-state index is 9.21. The molecule has 0 saturated carbocycles. The zero-order chi connectivity index (χ0) is 15.4. The number of hydrogen-bond donors (Lipinski definition) is 2. The van der Waals surface area contributed by atoms with Crippen molar-refractivity contribution in [2.45, 2.75) is 31.5 Å². The molecule has 1 aromatic carbocycles. The summed E-state index contributed by atoms with van der Waals surface area (Å²) in [5.41, 5.74) is 7.24. The molecule has 1 fully saturated rings. The second kappa shape index (κ2) is 7.90. The van der Waals surface area contributed by atoms with Crippen molar-refractivity contribution in [1.82, 2.24) is 4.90 Å². The summed E-state index contributed by atoms with van der Waals surface area (Å²) < 4.78 is 6.50. The molecule has 0 spiro atoms. The van der Waals surface area contributed by atoms with Gasteiger partial charge in [0, 0.05) is 34.7 Å². The summed E-state index contributed by atoms with van der Waals surface area (Å²) in [7, 11) is 0. The fourth-order valence-corrected chi connectivity index (χ4v) is 3.37. The van der Waals surface area contributed by atoms with Crippen LogP contribution in [0.5, 0.6) is 0 Å². The normalized spacial score (nSPS) is 25.0. The monoisotopic (exact) mass is 376 g/mol. The van der Waals surface area contributed by atoms with Gasteiger partial charge in [0.25, 0.3) is 0 Å². The van der Waals surface area contributed by atoms with Gasteiger partial charge in [-0.3, -0.25) is 4.90 Å². The van der Waals surface area contributed by atoms with Gasteiger partial charge in [-0.15, -0.1) is 0 Å². The first-order valence-corrected chi connectivity index (χ1v) is 8.35. The van der Waals surface area contributed by atoms with E-state index in [0.717, 1.165) is 29.5 Å². The molecule has 1 aromatic rings. The number of halogens is 2. The number of nitrogens with two attached hydrogens (primary N) is 1. The highest BCUT2D eigenvalue weighted by Gasteiger charge is 2.25. The lowest BCUT2D eigenvalue weighted by Crippen LogP contribution is -2.50. The van der Waals surface area contributed by atoms with Crippen LogP contribution in [0.2, 0.25) is 5.02 Å². The summed E-state index contributed by atoms with van der Waals surface area (Å²) in [5, 5.41) is 9.91. The summed E-state index contributed by atoms with van der Waals surface area (Å²) in [4.78, 5) is 2.32. The van der Waals surface area contributed by atoms with Crippen LogP contribution in [0.15, 0.2) is 22.7 Å². The van der Waals surface area contributed by atoms with Crippen LogP contribution in [-0.4, -0.2) is 48.5 Å². The predicted molar refractivity (Wildman–Crippen MR) is 88.6 cm³/mol. The van der Waals surface area contributed by atoms with Gasteiger partial charge >= 0.3 is 0 Å². The van der Waals surface area contributed by atoms with Gasteiger partial charge in [0.15, 0.2) is 0 Å². The molecule has 3 unspecified atom stereocenters. The van der Waals surface area contributed by atoms with Gasteiger partial charge in [-0.2, -0.15) is 0 Å². The number of nitrogens with zero attached hydrogens (tertiary/aromatic N) is 1. The zero-order valence-electron chi connectivity index (χ0n) is 12.1. The summed E-state index contributed by atoms with van der Waals surface area (Å²) in [6, 6.07) is 6.06. The second-order valence-electron chi connectivity index (χ2n) is 5.54. The van der Waals surface area contributed by atoms with Crippen LogP contribution >= 0.6 is 27.5 Å². The largest absolute Gasteiger partial charge is 0.394 e. The molecule has 21 heavy (non-hydrogen) atoms. The summed E-state index contributed by atoms with van der Waals surface area (Å²) in [6.45, 7) is 4.46. The highest BCUT2D eigenvalue weighted by atomic mass is 79.9. The molecule has 1 saturated heterocycles. The molecule has 3 N–H and O–H groups in total. The van der Waals surface area contributed by atoms with Crippen LogP contribution in [0.1, 0.15) is 24.9 Å². The first kappa shape index (κ1) is 17.2. The fourth-order valence-electron chi connectivity index (χ4n) is 2.56. The number of aliphatic hydroxyl groups is 1. The van der Waals surface area contributed by atoms with E-state index in [2.05, 4.69) is 27.8 Å². The Morgan fingerprint density at radius 1 is 1.57 bits per heavy atom. The van der Waals surface area contributed by atoms with Crippen LogP contribution in [-0.2, 0) is 4.74 Å². The van der Waals surface area contributed by atoms with E-state index in [0.29, 0.717) is 17.7 Å². The lowest BCUT2D eigenvalue weighted by molar-refractivity contribution is -0.0782. The summed E-state index contributed by atoms with van der Waals surface area (Å²) in [6.07, 6.45) is 0.734. The Balaban J connectivity index is 1.92. The average molecular weight is 378 g/mol. The molecule has 1 aliphatic rings. The van der Waals surface area contributed by atoms with Crippen molar-refractivity contribution in [3.05, 3.63) is 33.3 Å². The molecule has 0 radical (unpaired) electrons. The van der Waals surface area contributed by atoms with Gasteiger partial charge in [-0.1, -0.05) is 33.6 Å². The standard InChI is InChI=1S/C15H22BrClN2O2/c1-10-9-21-12(8-20)7-19(10)5-4-15(18)13-3-2-11(16)6-14(13)17/h2-3,6,10,12,15,20H,4-5,7-9,18H2,1H3. The molecule has 0 aromatic heterocycles. The highest BCUT2D eigenvalue weighted by Crippen LogP contribution is 2.27. The summed E-state index contributed by atoms with van der Waals surface area (Å²) in [5.74, 6) is 0. The van der Waals surface area contributed by atoms with E-state index in [1.165, 1.54) is 0 Å². The smallest absolute Gasteiger partial charge is 0.0933 e. The first-order chi connectivity index (χ1) is 10.0. The number of aliphatic hydroxyl groups excluding tert-OH is 1. The predicted octanol–water partition coefficient (Wildman–Crippen LogP) is 2.57. The molecule has 1 aliphatic heterocycles. The Hall–Kier alpha value is -0.170. The van der Waals surface area contributed by atoms with Crippen LogP contribution in [0, 0.1) is 0 Å². The number of hydrogen-bond acceptors (Lipinski definition) is 4. The Kier molecular flexibility index (Phi) is 6.47. The van der Waals surface area contributed by atoms with Gasteiger partial charge in [0.2, 0.25) is 0 Å². The third-order valence-electron chi connectivity index (χ3n) is 3.93. The van der Waals surface area contributed by atoms with Gasteiger partial charge in [0.05, 0.1) is 19.3 Å². The van der Waals surface area contributed by atoms with Gasteiger partial charge in [-0.05, 0) is 31.0 Å². The minimum Gasteiger partial charge on any atom is -0.394 e. The molecular formula is C15H22BrClN2O2. The van der Waals surface area contributed by atoms with Gasteiger partial charge in [0.1, 0.15) is 0 Å². The van der Waals surface area contributed by atoms with E-state index in [1.54, 1.807) is 0 Å². The molecule has 3 atom stereocenters. The Bertz CT molecular complexity index is 475. The van der Waals surface area contributed by atoms with Gasteiger partial charge < -0.3 is 15.6 Å². The molecule has 1 heterocycles. The van der Waals surface area contributed by atoms with E-state index in [9.17, 15) is 5.11 Å². The average Bonchev–Trinajstić information content (AvgIpc) is 2.46. The Morgan fingerprint density at radius 3 is 3.00 bits per heavy atom. The molecule has 6 heteroatoms. The Morgan fingerprint density at radius 2 is 2.33 bits per heavy atom. The number of ether oxygens (including phenoxy) is 1. The molecule has 4 nitrogen and oxygen atoms in total. The minimum atomic E-state index is -0.0896. The van der Waals surface area contributed by atoms with E-state index >= 15 is 0 Å². The topological polar surface area (TPSA) is 58.7 Å². The van der Waals surface area contributed by atoms with E-state index in [-0.39, 0.29) is 18.8 Å². The van der Waals surface area contributed by atoms with Crippen LogP contribution in [0.3, 0.4) is 0 Å². The lowest BCUT2D eigenvalue weighted by atomic mass is 10.0. The van der Waals surface area contributed by atoms with Crippen molar-refractivity contribution in [3.63, 3.8) is 0 Å². The lowest BCUT2D eigenvalue weighted by Gasteiger charge is -2.37. The summed E-state index contributed by atoms with van der Waals surface area (Å²) >= 11 is 9.64. The molecule has 0 amide bonds. The molecule has 0 aliphatic carbocycles. The zero-order valence-corrected chi connectivity index (χ0v) is 14.5. The number of rotatable bonds is 5. The van der Waals surface area contributed by atoms with Crippen molar-refractivity contribution < 1.29 is 9.84 Å². The maximum Gasteiger partial charge on any atom is 0.0933 e. The van der Waals surface area contributed by atoms with Crippen molar-refractivity contribution in [2.75, 3.05) is 26.3 Å². The number of morpholine rings is 1. The Labute approximate surface area is 139 Å². The SMILES string of the molecule is CC1COC(CO)CN1CCC(N)c1ccc(Br)cc1Cl. The van der Waals surface area contributed by atoms with Crippen molar-refractivity contribution in [1.29, 1.82) is 0 Å². The first-order valence-electron chi connectivity index (χ1n) is 7.18. The van der Waals surface area contributed by atoms with Gasteiger partial charge in [-0.25, -0.2) is 0 Å². The third kappa shape index (κ3) is 4.65. The number of benzene rings is 1. The molecular weight excluding hydrogens is 356 g/mol. The van der Waals surface area contributed by atoms with Crippen molar-refractivity contribution in [3.8, 4) is 0 Å². The maximum absolute atomic E-state index is 9.21. The molecule has 2 rings (SSSR count). The van der Waals surface area contributed by atoms with Crippen molar-refractivity contribution in [2.24, 2.45) is 5.73 Å².